The molecule has 0 bridgehead atoms. The van der Waals surface area contributed by atoms with E-state index < -0.39 is 5.60 Å². The van der Waals surface area contributed by atoms with Crippen LogP contribution in [-0.2, 0) is 9.53 Å². The number of esters is 1. The lowest BCUT2D eigenvalue weighted by atomic mass is 9.72. The minimum atomic E-state index is -0.812. The fourth-order valence-electron chi connectivity index (χ4n) is 5.88. The summed E-state index contributed by atoms with van der Waals surface area (Å²) in [4.78, 5) is 13.0. The van der Waals surface area contributed by atoms with Gasteiger partial charge in [0.25, 0.3) is 0 Å². The highest BCUT2D eigenvalue weighted by Gasteiger charge is 2.53. The van der Waals surface area contributed by atoms with E-state index in [0.29, 0.717) is 16.5 Å². The Hall–Kier alpha value is -2.26. The third-order valence-electron chi connectivity index (χ3n) is 7.48. The fraction of sp³-hybridized carbons (Fsp3) is 0.423. The number of hydrogen-bond donors (Lipinski definition) is 1. The molecule has 2 aliphatic carbocycles. The van der Waals surface area contributed by atoms with Crippen LogP contribution in [0, 0.1) is 25.7 Å². The third-order valence-corrected chi connectivity index (χ3v) is 7.74. The molecule has 3 nitrogen and oxygen atoms in total. The molecule has 156 valence electrons. The molecule has 0 radical (unpaired) electrons. The number of ether oxygens (including phenoxy) is 1. The minimum absolute atomic E-state index is 0.152. The van der Waals surface area contributed by atoms with Crippen molar-refractivity contribution in [2.24, 2.45) is 11.8 Å². The predicted octanol–water partition coefficient (Wildman–Crippen LogP) is 6.79. The van der Waals surface area contributed by atoms with Crippen LogP contribution in [0.2, 0.25) is 5.02 Å². The molecule has 1 spiro atoms. The second-order valence-corrected chi connectivity index (χ2v) is 9.73. The average Bonchev–Trinajstić information content (AvgIpc) is 3.27. The molecule has 4 heteroatoms. The molecule has 1 heterocycles. The Morgan fingerprint density at radius 2 is 1.67 bits per heavy atom. The summed E-state index contributed by atoms with van der Waals surface area (Å²) in [6, 6.07) is 11.8. The van der Waals surface area contributed by atoms with E-state index in [2.05, 4.69) is 6.07 Å². The molecular weight excluding hydrogens is 396 g/mol. The zero-order valence-corrected chi connectivity index (χ0v) is 18.3. The number of carbonyl (C=O) groups excluding carboxylic acids is 1. The van der Waals surface area contributed by atoms with E-state index in [1.54, 1.807) is 0 Å². The summed E-state index contributed by atoms with van der Waals surface area (Å²) in [6.45, 7) is 4.02. The first kappa shape index (κ1) is 19.7. The Morgan fingerprint density at radius 1 is 1.00 bits per heavy atom. The van der Waals surface area contributed by atoms with Gasteiger partial charge in [0, 0.05) is 5.02 Å². The van der Waals surface area contributed by atoms with Gasteiger partial charge in [-0.15, -0.1) is 0 Å². The van der Waals surface area contributed by atoms with Crippen LogP contribution in [0.5, 0.6) is 0 Å². The van der Waals surface area contributed by atoms with Gasteiger partial charge in [0.2, 0.25) is 0 Å². The smallest absolute Gasteiger partial charge is 0.343 e. The van der Waals surface area contributed by atoms with E-state index in [4.69, 9.17) is 16.3 Å². The Bertz CT molecular complexity index is 1050. The van der Waals surface area contributed by atoms with E-state index >= 15 is 0 Å². The number of benzene rings is 2. The van der Waals surface area contributed by atoms with Crippen LogP contribution in [0.15, 0.2) is 42.2 Å². The lowest BCUT2D eigenvalue weighted by molar-refractivity contribution is -0.152. The van der Waals surface area contributed by atoms with E-state index in [9.17, 15) is 9.90 Å². The van der Waals surface area contributed by atoms with Crippen LogP contribution < -0.4 is 0 Å². The predicted molar refractivity (Wildman–Crippen MR) is 119 cm³/mol. The molecule has 2 saturated carbocycles. The van der Waals surface area contributed by atoms with Gasteiger partial charge in [-0.1, -0.05) is 55.1 Å². The summed E-state index contributed by atoms with van der Waals surface area (Å²) in [5.74, 6) is 1.06. The number of aliphatic hydroxyl groups excluding tert-OH is 1. The highest BCUT2D eigenvalue weighted by molar-refractivity contribution is 6.30. The number of aryl methyl sites for hydroxylation is 2. The Balaban J connectivity index is 1.54. The summed E-state index contributed by atoms with van der Waals surface area (Å²) in [5.41, 5.74) is 4.50. The highest BCUT2D eigenvalue weighted by atomic mass is 35.5. The highest BCUT2D eigenvalue weighted by Crippen LogP contribution is 2.53. The van der Waals surface area contributed by atoms with Gasteiger partial charge < -0.3 is 9.84 Å². The molecule has 3 unspecified atom stereocenters. The van der Waals surface area contributed by atoms with Crippen LogP contribution in [-0.4, -0.2) is 16.7 Å². The number of hydrogen-bond acceptors (Lipinski definition) is 3. The van der Waals surface area contributed by atoms with Crippen molar-refractivity contribution in [3.05, 3.63) is 63.9 Å². The van der Waals surface area contributed by atoms with Crippen LogP contribution in [0.25, 0.3) is 16.7 Å². The molecule has 1 N–H and O–H groups in total. The van der Waals surface area contributed by atoms with Gasteiger partial charge in [0.05, 0.1) is 0 Å². The van der Waals surface area contributed by atoms with E-state index in [0.717, 1.165) is 53.0 Å². The van der Waals surface area contributed by atoms with Gasteiger partial charge in [-0.3, -0.25) is 0 Å². The maximum absolute atomic E-state index is 13.0. The van der Waals surface area contributed by atoms with Crippen molar-refractivity contribution in [3.63, 3.8) is 0 Å². The summed E-state index contributed by atoms with van der Waals surface area (Å²) < 4.78 is 5.92. The Labute approximate surface area is 182 Å². The number of carbonyl (C=O) groups is 1. The number of fused-ring (bicyclic) bond motifs is 1. The first-order chi connectivity index (χ1) is 14.4. The molecule has 0 amide bonds. The molecule has 3 aliphatic rings. The van der Waals surface area contributed by atoms with Crippen LogP contribution in [0.3, 0.4) is 0 Å². The monoisotopic (exact) mass is 422 g/mol. The quantitative estimate of drug-likeness (QED) is 0.542. The third kappa shape index (κ3) is 3.06. The van der Waals surface area contributed by atoms with Crippen molar-refractivity contribution in [3.8, 4) is 11.1 Å². The zero-order chi connectivity index (χ0) is 21.0. The van der Waals surface area contributed by atoms with Gasteiger partial charge in [-0.25, -0.2) is 4.79 Å². The lowest BCUT2D eigenvalue weighted by Crippen LogP contribution is -2.40. The van der Waals surface area contributed by atoms with Gasteiger partial charge in [0.15, 0.2) is 11.4 Å². The van der Waals surface area contributed by atoms with Crippen molar-refractivity contribution in [2.75, 3.05) is 0 Å². The van der Waals surface area contributed by atoms with Gasteiger partial charge in [-0.05, 0) is 84.9 Å². The average molecular weight is 423 g/mol. The summed E-state index contributed by atoms with van der Waals surface area (Å²) >= 11 is 6.03. The largest absolute Gasteiger partial charge is 0.507 e. The first-order valence-electron chi connectivity index (χ1n) is 10.9. The molecule has 0 aromatic heterocycles. The molecule has 2 fully saturated rings. The SMILES string of the molecule is Cc1cc(-c2ccc(Cl)cc2)c(C)cc1C1=C(O)C2(CCC3CCCC3C2)OC1=O. The summed E-state index contributed by atoms with van der Waals surface area (Å²) in [5, 5.41) is 12.0. The van der Waals surface area contributed by atoms with Gasteiger partial charge in [-0.2, -0.15) is 0 Å². The second-order valence-electron chi connectivity index (χ2n) is 9.29. The van der Waals surface area contributed by atoms with E-state index in [1.165, 1.54) is 19.3 Å². The van der Waals surface area contributed by atoms with Crippen LogP contribution >= 0.6 is 11.6 Å². The van der Waals surface area contributed by atoms with Crippen molar-refractivity contribution < 1.29 is 14.6 Å². The van der Waals surface area contributed by atoms with Crippen molar-refractivity contribution in [1.82, 2.24) is 0 Å². The molecular formula is C26H27ClO3. The summed E-state index contributed by atoms with van der Waals surface area (Å²) in [6.07, 6.45) is 6.23. The van der Waals surface area contributed by atoms with E-state index in [-0.39, 0.29) is 11.7 Å². The van der Waals surface area contributed by atoms with Gasteiger partial charge in [0.1, 0.15) is 5.57 Å². The summed E-state index contributed by atoms with van der Waals surface area (Å²) in [7, 11) is 0. The molecule has 5 rings (SSSR count). The second kappa shape index (κ2) is 7.16. The van der Waals surface area contributed by atoms with Gasteiger partial charge >= 0.3 is 5.97 Å². The lowest BCUT2D eigenvalue weighted by Gasteiger charge is -2.38. The first-order valence-corrected chi connectivity index (χ1v) is 11.3. The van der Waals surface area contributed by atoms with E-state index in [1.807, 2.05) is 44.2 Å². The van der Waals surface area contributed by atoms with Crippen molar-refractivity contribution in [1.29, 1.82) is 0 Å². The van der Waals surface area contributed by atoms with Crippen LogP contribution in [0.4, 0.5) is 0 Å². The zero-order valence-electron chi connectivity index (χ0n) is 17.5. The number of halogens is 1. The standard InChI is InChI=1S/C26H27ClO3/c1-15-13-22(16(2)12-21(15)18-6-8-20(27)9-7-18)23-24(28)26(30-25(23)29)11-10-17-4-3-5-19(17)14-26/h6-9,12-13,17,19,28H,3-5,10-11,14H2,1-2H3. The maximum atomic E-state index is 13.0. The molecule has 30 heavy (non-hydrogen) atoms. The Morgan fingerprint density at radius 3 is 2.43 bits per heavy atom. The van der Waals surface area contributed by atoms with Crippen LogP contribution in [0.1, 0.15) is 55.2 Å². The number of rotatable bonds is 2. The van der Waals surface area contributed by atoms with Crippen molar-refractivity contribution >= 4 is 23.1 Å². The van der Waals surface area contributed by atoms with Crippen molar-refractivity contribution in [2.45, 2.75) is 58.0 Å². The normalized spacial score (nSPS) is 28.2. The fourth-order valence-corrected chi connectivity index (χ4v) is 6.01. The molecule has 2 aromatic rings. The molecule has 1 aliphatic heterocycles. The minimum Gasteiger partial charge on any atom is -0.507 e. The molecule has 2 aromatic carbocycles. The Kier molecular flexibility index (Phi) is 4.70. The molecule has 0 saturated heterocycles. The molecule has 3 atom stereocenters. The maximum Gasteiger partial charge on any atom is 0.343 e. The number of aliphatic hydroxyl groups is 1. The topological polar surface area (TPSA) is 46.5 Å².